The number of carbonyl (C=O) groups is 2. The molecular weight excluding hydrogens is 335 g/mol. The molecule has 0 saturated carbocycles. The van der Waals surface area contributed by atoms with Crippen molar-refractivity contribution >= 4 is 23.1 Å². The second-order valence-electron chi connectivity index (χ2n) is 5.13. The first kappa shape index (κ1) is 16.4. The number of ketones is 1. The Balaban J connectivity index is 1.75. The summed E-state index contributed by atoms with van der Waals surface area (Å²) >= 11 is 0. The third kappa shape index (κ3) is 3.55. The zero-order valence-corrected chi connectivity index (χ0v) is 12.7. The van der Waals surface area contributed by atoms with Gasteiger partial charge < -0.3 is 14.8 Å². The minimum Gasteiger partial charge on any atom is -0.482 e. The standard InChI is InChI=1S/C16H11FN2O6/c17-10-2-3-12(19(22)23)15(6-10)24-7-13(20)9-1-4-14-11(5-9)18-16(21)8-25-14/h1-6H,7-8H2,(H,18,21). The van der Waals surface area contributed by atoms with Gasteiger partial charge in [-0.25, -0.2) is 4.39 Å². The number of Topliss-reactive ketones (excluding diaryl/α,β-unsaturated/α-hetero) is 1. The van der Waals surface area contributed by atoms with E-state index in [0.717, 1.165) is 18.2 Å². The molecule has 1 N–H and O–H groups in total. The number of amides is 1. The number of fused-ring (bicyclic) bond motifs is 1. The van der Waals surface area contributed by atoms with Crippen LogP contribution in [0.4, 0.5) is 15.8 Å². The maximum atomic E-state index is 13.2. The van der Waals surface area contributed by atoms with Crippen LogP contribution in [0.1, 0.15) is 10.4 Å². The van der Waals surface area contributed by atoms with Gasteiger partial charge in [0, 0.05) is 17.7 Å². The van der Waals surface area contributed by atoms with Gasteiger partial charge in [-0.15, -0.1) is 0 Å². The maximum Gasteiger partial charge on any atom is 0.311 e. The number of benzene rings is 2. The van der Waals surface area contributed by atoms with Crippen LogP contribution in [0.25, 0.3) is 0 Å². The van der Waals surface area contributed by atoms with Gasteiger partial charge in [-0.2, -0.15) is 0 Å². The molecule has 1 aliphatic heterocycles. The second kappa shape index (κ2) is 6.56. The molecule has 2 aromatic carbocycles. The molecule has 0 radical (unpaired) electrons. The molecule has 1 amide bonds. The normalized spacial score (nSPS) is 12.6. The Bertz CT molecular complexity index is 883. The first-order valence-corrected chi connectivity index (χ1v) is 7.10. The average molecular weight is 346 g/mol. The van der Waals surface area contributed by atoms with Crippen LogP contribution in [-0.4, -0.2) is 29.8 Å². The largest absolute Gasteiger partial charge is 0.482 e. The van der Waals surface area contributed by atoms with E-state index in [1.807, 2.05) is 0 Å². The second-order valence-corrected chi connectivity index (χ2v) is 5.13. The van der Waals surface area contributed by atoms with Crippen molar-refractivity contribution in [3.63, 3.8) is 0 Å². The van der Waals surface area contributed by atoms with E-state index in [2.05, 4.69) is 5.32 Å². The number of rotatable bonds is 5. The molecule has 0 atom stereocenters. The van der Waals surface area contributed by atoms with Gasteiger partial charge in [0.1, 0.15) is 11.6 Å². The van der Waals surface area contributed by atoms with Crippen LogP contribution >= 0.6 is 0 Å². The van der Waals surface area contributed by atoms with E-state index in [-0.39, 0.29) is 23.8 Å². The molecule has 0 aliphatic carbocycles. The number of carbonyl (C=O) groups excluding carboxylic acids is 2. The molecule has 0 fully saturated rings. The van der Waals surface area contributed by atoms with Crippen molar-refractivity contribution in [2.75, 3.05) is 18.5 Å². The van der Waals surface area contributed by atoms with Gasteiger partial charge in [0.15, 0.2) is 24.7 Å². The Morgan fingerprint density at radius 2 is 2.12 bits per heavy atom. The lowest BCUT2D eigenvalue weighted by Crippen LogP contribution is -2.25. The van der Waals surface area contributed by atoms with Crippen molar-refractivity contribution in [2.24, 2.45) is 0 Å². The molecule has 8 nitrogen and oxygen atoms in total. The van der Waals surface area contributed by atoms with Crippen molar-refractivity contribution < 1.29 is 28.4 Å². The molecule has 0 unspecified atom stereocenters. The minimum absolute atomic E-state index is 0.105. The van der Waals surface area contributed by atoms with E-state index in [4.69, 9.17) is 9.47 Å². The van der Waals surface area contributed by atoms with Crippen LogP contribution in [0.15, 0.2) is 36.4 Å². The molecule has 3 rings (SSSR count). The van der Waals surface area contributed by atoms with Crippen LogP contribution in [0.3, 0.4) is 0 Å². The number of nitro groups is 1. The molecular formula is C16H11FN2O6. The fourth-order valence-corrected chi connectivity index (χ4v) is 2.24. The van der Waals surface area contributed by atoms with Crippen LogP contribution in [0.5, 0.6) is 11.5 Å². The first-order chi connectivity index (χ1) is 11.9. The Kier molecular flexibility index (Phi) is 4.29. The van der Waals surface area contributed by atoms with Crippen LogP contribution in [0, 0.1) is 15.9 Å². The lowest BCUT2D eigenvalue weighted by atomic mass is 10.1. The summed E-state index contributed by atoms with van der Waals surface area (Å²) in [7, 11) is 0. The third-order valence-electron chi connectivity index (χ3n) is 3.41. The maximum absolute atomic E-state index is 13.2. The molecule has 0 aromatic heterocycles. The summed E-state index contributed by atoms with van der Waals surface area (Å²) in [5.41, 5.74) is 0.114. The molecule has 9 heteroatoms. The van der Waals surface area contributed by atoms with Gasteiger partial charge in [0.05, 0.1) is 10.6 Å². The smallest absolute Gasteiger partial charge is 0.311 e. The Labute approximate surface area is 140 Å². The summed E-state index contributed by atoms with van der Waals surface area (Å²) in [5.74, 6) is -1.47. The summed E-state index contributed by atoms with van der Waals surface area (Å²) in [4.78, 5) is 33.7. The number of ether oxygens (including phenoxy) is 2. The summed E-state index contributed by atoms with van der Waals surface area (Å²) in [6.07, 6.45) is 0. The zero-order valence-electron chi connectivity index (χ0n) is 12.7. The van der Waals surface area contributed by atoms with Gasteiger partial charge >= 0.3 is 5.69 Å². The quantitative estimate of drug-likeness (QED) is 0.506. The molecule has 1 aliphatic rings. The Morgan fingerprint density at radius 1 is 1.32 bits per heavy atom. The fraction of sp³-hybridized carbons (Fsp3) is 0.125. The van der Waals surface area contributed by atoms with Crippen LogP contribution in [0.2, 0.25) is 0 Å². The number of nitrogens with one attached hydrogen (secondary N) is 1. The number of nitrogens with zero attached hydrogens (tertiary/aromatic N) is 1. The number of halogens is 1. The number of hydrogen-bond donors (Lipinski definition) is 1. The van der Waals surface area contributed by atoms with E-state index in [9.17, 15) is 24.1 Å². The molecule has 0 bridgehead atoms. The van der Waals surface area contributed by atoms with Gasteiger partial charge in [-0.3, -0.25) is 19.7 Å². The predicted molar refractivity (Wildman–Crippen MR) is 83.4 cm³/mol. The van der Waals surface area contributed by atoms with E-state index in [1.165, 1.54) is 18.2 Å². The minimum atomic E-state index is -0.731. The summed E-state index contributed by atoms with van der Waals surface area (Å²) in [6.45, 7) is -0.634. The predicted octanol–water partition coefficient (Wildman–Crippen LogP) is 2.33. The highest BCUT2D eigenvalue weighted by atomic mass is 19.1. The molecule has 0 spiro atoms. The van der Waals surface area contributed by atoms with Crippen LogP contribution in [-0.2, 0) is 4.79 Å². The van der Waals surface area contributed by atoms with Crippen molar-refractivity contribution in [3.05, 3.63) is 57.9 Å². The van der Waals surface area contributed by atoms with E-state index in [1.54, 1.807) is 0 Å². The summed E-state index contributed by atoms with van der Waals surface area (Å²) in [6, 6.07) is 7.14. The van der Waals surface area contributed by atoms with Gasteiger partial charge in [-0.05, 0) is 24.3 Å². The van der Waals surface area contributed by atoms with E-state index < -0.39 is 28.8 Å². The van der Waals surface area contributed by atoms with E-state index >= 15 is 0 Å². The molecule has 25 heavy (non-hydrogen) atoms. The zero-order chi connectivity index (χ0) is 18.0. The van der Waals surface area contributed by atoms with Crippen molar-refractivity contribution in [2.45, 2.75) is 0 Å². The summed E-state index contributed by atoms with van der Waals surface area (Å²) < 4.78 is 23.5. The highest BCUT2D eigenvalue weighted by Crippen LogP contribution is 2.30. The fourth-order valence-electron chi connectivity index (χ4n) is 2.24. The Morgan fingerprint density at radius 3 is 2.88 bits per heavy atom. The molecule has 128 valence electrons. The van der Waals surface area contributed by atoms with E-state index in [0.29, 0.717) is 11.4 Å². The lowest BCUT2D eigenvalue weighted by molar-refractivity contribution is -0.385. The topological polar surface area (TPSA) is 108 Å². The van der Waals surface area contributed by atoms with Crippen molar-refractivity contribution in [3.8, 4) is 11.5 Å². The number of nitro benzene ring substituents is 1. The average Bonchev–Trinajstić information content (AvgIpc) is 2.58. The third-order valence-corrected chi connectivity index (χ3v) is 3.41. The number of hydrogen-bond acceptors (Lipinski definition) is 6. The van der Waals surface area contributed by atoms with Crippen molar-refractivity contribution in [1.82, 2.24) is 0 Å². The van der Waals surface area contributed by atoms with Crippen LogP contribution < -0.4 is 14.8 Å². The number of anilines is 1. The molecule has 0 saturated heterocycles. The molecule has 2 aromatic rings. The monoisotopic (exact) mass is 346 g/mol. The SMILES string of the molecule is O=C1COc2ccc(C(=O)COc3cc(F)ccc3[N+](=O)[O-])cc2N1. The van der Waals surface area contributed by atoms with Crippen molar-refractivity contribution in [1.29, 1.82) is 0 Å². The van der Waals surface area contributed by atoms with Gasteiger partial charge in [-0.1, -0.05) is 0 Å². The Hall–Kier alpha value is -3.49. The lowest BCUT2D eigenvalue weighted by Gasteiger charge is -2.18. The van der Waals surface area contributed by atoms with Gasteiger partial charge in [0.25, 0.3) is 5.91 Å². The summed E-state index contributed by atoms with van der Waals surface area (Å²) in [5, 5.41) is 13.5. The molecule has 1 heterocycles. The first-order valence-electron chi connectivity index (χ1n) is 7.10. The highest BCUT2D eigenvalue weighted by molar-refractivity contribution is 6.01. The highest BCUT2D eigenvalue weighted by Gasteiger charge is 2.20. The van der Waals surface area contributed by atoms with Gasteiger partial charge in [0.2, 0.25) is 0 Å².